The van der Waals surface area contributed by atoms with Crippen LogP contribution in [0.5, 0.6) is 5.75 Å². The van der Waals surface area contributed by atoms with Gasteiger partial charge in [0.05, 0.1) is 25.7 Å². The second-order valence-corrected chi connectivity index (χ2v) is 12.0. The summed E-state index contributed by atoms with van der Waals surface area (Å²) in [6.07, 6.45) is 7.22. The van der Waals surface area contributed by atoms with Crippen molar-refractivity contribution in [1.82, 2.24) is 10.2 Å². The average molecular weight is 630 g/mol. The first-order valence-corrected chi connectivity index (χ1v) is 15.8. The Morgan fingerprint density at radius 1 is 1.00 bits per heavy atom. The summed E-state index contributed by atoms with van der Waals surface area (Å²) in [5, 5.41) is 12.4. The molecule has 2 N–H and O–H groups in total. The first kappa shape index (κ1) is 31.5. The molecule has 0 saturated carbocycles. The second kappa shape index (κ2) is 13.5. The number of cyclic esters (lactones) is 1. The van der Waals surface area contributed by atoms with E-state index in [1.165, 1.54) is 4.90 Å². The van der Waals surface area contributed by atoms with E-state index in [0.29, 0.717) is 36.3 Å². The predicted octanol–water partition coefficient (Wildman–Crippen LogP) is 2.70. The highest BCUT2D eigenvalue weighted by atomic mass is 16.6. The van der Waals surface area contributed by atoms with Gasteiger partial charge >= 0.3 is 5.97 Å². The van der Waals surface area contributed by atoms with E-state index < -0.39 is 41.7 Å². The fraction of sp³-hybridized carbons (Fsp3) is 0.429. The number of rotatable bonds is 7. The summed E-state index contributed by atoms with van der Waals surface area (Å²) in [6.45, 7) is 0.401. The molecule has 5 bridgehead atoms. The van der Waals surface area contributed by atoms with E-state index >= 15 is 0 Å². The number of likely N-dealkylation sites (tertiary alicyclic amines) is 1. The van der Waals surface area contributed by atoms with E-state index in [4.69, 9.17) is 14.2 Å². The lowest BCUT2D eigenvalue weighted by Crippen LogP contribution is -2.56. The summed E-state index contributed by atoms with van der Waals surface area (Å²) in [7, 11) is 1.56. The van der Waals surface area contributed by atoms with Crippen LogP contribution in [0, 0.1) is 11.8 Å². The van der Waals surface area contributed by atoms with E-state index in [2.05, 4.69) is 5.32 Å². The molecule has 46 heavy (non-hydrogen) atoms. The van der Waals surface area contributed by atoms with E-state index in [1.807, 2.05) is 42.5 Å². The van der Waals surface area contributed by atoms with Gasteiger partial charge in [0, 0.05) is 31.8 Å². The molecule has 11 heteroatoms. The summed E-state index contributed by atoms with van der Waals surface area (Å²) in [4.78, 5) is 59.0. The maximum Gasteiger partial charge on any atom is 0.313 e. The van der Waals surface area contributed by atoms with Crippen molar-refractivity contribution in [1.29, 1.82) is 0 Å². The number of hydrogen-bond donors (Lipinski definition) is 2. The number of nitrogens with one attached hydrogen (secondary N) is 1. The lowest BCUT2D eigenvalue weighted by Gasteiger charge is -2.36. The van der Waals surface area contributed by atoms with Gasteiger partial charge in [0.25, 0.3) is 5.91 Å². The minimum atomic E-state index is -1.37. The molecule has 2 aromatic carbocycles. The van der Waals surface area contributed by atoms with Crippen molar-refractivity contribution in [3.63, 3.8) is 0 Å². The van der Waals surface area contributed by atoms with Crippen molar-refractivity contribution in [3.05, 3.63) is 84.5 Å². The molecule has 2 aromatic rings. The fourth-order valence-electron chi connectivity index (χ4n) is 7.00. The van der Waals surface area contributed by atoms with E-state index in [-0.39, 0.29) is 50.4 Å². The minimum Gasteiger partial charge on any atom is -0.497 e. The number of nitrogens with zero attached hydrogens (tertiary/aromatic N) is 2. The molecule has 3 amide bonds. The Labute approximate surface area is 267 Å². The number of unbranched alkanes of at least 4 members (excludes halogenated alkanes) is 1. The van der Waals surface area contributed by atoms with Gasteiger partial charge in [-0.25, -0.2) is 0 Å². The first-order valence-electron chi connectivity index (χ1n) is 15.8. The molecule has 0 aliphatic carbocycles. The topological polar surface area (TPSA) is 135 Å². The van der Waals surface area contributed by atoms with Gasteiger partial charge in [-0.05, 0) is 49.1 Å². The van der Waals surface area contributed by atoms with Crippen molar-refractivity contribution < 1.29 is 38.5 Å². The van der Waals surface area contributed by atoms with Crippen molar-refractivity contribution in [2.24, 2.45) is 11.8 Å². The zero-order valence-electron chi connectivity index (χ0n) is 25.7. The van der Waals surface area contributed by atoms with Crippen LogP contribution < -0.4 is 15.0 Å². The molecule has 0 unspecified atom stereocenters. The SMILES string of the molecule is COc1ccc(N2C/C=C\CCC(=O)NC[C@H](c3ccccc3)OC(=O)[C@@H]3[C@H]4C(=O)N(CCCCO)[C@H](C2=O)[C@]42C=C[C@H]3O2)cc1. The highest BCUT2D eigenvalue weighted by Crippen LogP contribution is 2.56. The Bertz CT molecular complexity index is 1510. The van der Waals surface area contributed by atoms with E-state index in [0.717, 1.165) is 0 Å². The van der Waals surface area contributed by atoms with E-state index in [1.54, 1.807) is 48.4 Å². The number of esters is 1. The van der Waals surface area contributed by atoms with Gasteiger partial charge < -0.3 is 34.4 Å². The number of aliphatic hydroxyl groups excluding tert-OH is 1. The van der Waals surface area contributed by atoms with Crippen molar-refractivity contribution >= 4 is 29.4 Å². The fourth-order valence-corrected chi connectivity index (χ4v) is 7.00. The Hall–Kier alpha value is -4.48. The molecule has 0 aromatic heterocycles. The highest BCUT2D eigenvalue weighted by molar-refractivity contribution is 6.05. The van der Waals surface area contributed by atoms with Crippen LogP contribution in [-0.4, -0.2) is 84.8 Å². The number of anilines is 1. The number of hydrogen-bond acceptors (Lipinski definition) is 8. The van der Waals surface area contributed by atoms with Gasteiger partial charge in [-0.3, -0.25) is 19.2 Å². The summed E-state index contributed by atoms with van der Waals surface area (Å²) >= 11 is 0. The van der Waals surface area contributed by atoms with Crippen LogP contribution in [0.15, 0.2) is 78.9 Å². The second-order valence-electron chi connectivity index (χ2n) is 12.0. The number of carbonyl (C=O) groups excluding carboxylic acids is 4. The quantitative estimate of drug-likeness (QED) is 0.271. The Kier molecular flexibility index (Phi) is 9.23. The third-order valence-corrected chi connectivity index (χ3v) is 9.24. The zero-order valence-corrected chi connectivity index (χ0v) is 25.7. The normalized spacial score (nSPS) is 30.3. The Balaban J connectivity index is 1.41. The van der Waals surface area contributed by atoms with Crippen LogP contribution in [0.25, 0.3) is 0 Å². The molecular weight excluding hydrogens is 590 g/mol. The van der Waals surface area contributed by atoms with Crippen LogP contribution in [0.3, 0.4) is 0 Å². The molecule has 4 aliphatic rings. The van der Waals surface area contributed by atoms with Gasteiger partial charge in [0.2, 0.25) is 11.8 Å². The third-order valence-electron chi connectivity index (χ3n) is 9.24. The molecule has 6 atom stereocenters. The number of ether oxygens (including phenoxy) is 3. The van der Waals surface area contributed by atoms with Crippen molar-refractivity contribution in [3.8, 4) is 5.75 Å². The number of carbonyl (C=O) groups is 4. The van der Waals surface area contributed by atoms with Crippen LogP contribution >= 0.6 is 0 Å². The third kappa shape index (κ3) is 5.80. The zero-order chi connectivity index (χ0) is 32.3. The molecule has 4 heterocycles. The van der Waals surface area contributed by atoms with Gasteiger partial charge in [-0.2, -0.15) is 0 Å². The largest absolute Gasteiger partial charge is 0.497 e. The number of aliphatic hydroxyl groups is 1. The van der Waals surface area contributed by atoms with Gasteiger partial charge in [-0.1, -0.05) is 54.6 Å². The van der Waals surface area contributed by atoms with Crippen LogP contribution in [0.4, 0.5) is 5.69 Å². The average Bonchev–Trinajstić information content (AvgIpc) is 3.72. The van der Waals surface area contributed by atoms with Crippen LogP contribution in [0.1, 0.15) is 37.4 Å². The van der Waals surface area contributed by atoms with Crippen molar-refractivity contribution in [2.45, 2.75) is 49.5 Å². The van der Waals surface area contributed by atoms with Crippen LogP contribution in [-0.2, 0) is 28.7 Å². The number of fused-ring (bicyclic) bond motifs is 2. The minimum absolute atomic E-state index is 0.0528. The number of methoxy groups -OCH3 is 1. The Morgan fingerprint density at radius 3 is 2.52 bits per heavy atom. The maximum atomic E-state index is 14.8. The van der Waals surface area contributed by atoms with Gasteiger partial charge in [0.1, 0.15) is 29.4 Å². The number of benzene rings is 2. The lowest BCUT2D eigenvalue weighted by atomic mass is 9.74. The van der Waals surface area contributed by atoms with Gasteiger partial charge in [0.15, 0.2) is 0 Å². The number of amides is 3. The highest BCUT2D eigenvalue weighted by Gasteiger charge is 2.73. The number of allylic oxidation sites excluding steroid dienone is 1. The van der Waals surface area contributed by atoms with Gasteiger partial charge in [-0.15, -0.1) is 0 Å². The molecule has 1 spiro atoms. The summed E-state index contributed by atoms with van der Waals surface area (Å²) in [5.74, 6) is -2.89. The molecule has 242 valence electrons. The van der Waals surface area contributed by atoms with Crippen LogP contribution in [0.2, 0.25) is 0 Å². The molecule has 2 saturated heterocycles. The molecular formula is C35H39N3O8. The summed E-state index contributed by atoms with van der Waals surface area (Å²) in [5.41, 5.74) is -0.0811. The smallest absolute Gasteiger partial charge is 0.313 e. The monoisotopic (exact) mass is 629 g/mol. The Morgan fingerprint density at radius 2 is 1.78 bits per heavy atom. The van der Waals surface area contributed by atoms with E-state index in [9.17, 15) is 24.3 Å². The summed E-state index contributed by atoms with van der Waals surface area (Å²) in [6, 6.07) is 15.1. The molecule has 2 fully saturated rings. The first-order chi connectivity index (χ1) is 22.4. The maximum absolute atomic E-state index is 14.8. The molecule has 11 nitrogen and oxygen atoms in total. The van der Waals surface area contributed by atoms with Crippen molar-refractivity contribution in [2.75, 3.05) is 38.3 Å². The molecule has 4 aliphatic heterocycles. The lowest BCUT2D eigenvalue weighted by molar-refractivity contribution is -0.159. The molecule has 6 rings (SSSR count). The predicted molar refractivity (Wildman–Crippen MR) is 168 cm³/mol. The standard InChI is InChI=1S/C35H39N3O8/c1-44-25-15-13-24(14-16-25)37-19-7-3-6-12-28(40)36-22-27(23-10-4-2-5-11-23)45-34(43)29-26-17-18-35(46-26)30(29)32(41)38(20-8-9-21-39)31(35)33(37)42/h2-5,7,10-11,13-18,26-27,29-31,39H,6,8-9,12,19-22H2,1H3,(H,36,40)/b7-3-/t26-,27-,29+,30+,31-,35+/m1/s1. The summed E-state index contributed by atoms with van der Waals surface area (Å²) < 4.78 is 17.9. The molecule has 0 radical (unpaired) electrons.